The molecule has 0 spiro atoms. The Morgan fingerprint density at radius 2 is 1.90 bits per heavy atom. The highest BCUT2D eigenvalue weighted by molar-refractivity contribution is 7.19. The summed E-state index contributed by atoms with van der Waals surface area (Å²) in [7, 11) is 0. The molecule has 3 aromatic rings. The van der Waals surface area contributed by atoms with Crippen molar-refractivity contribution in [2.45, 2.75) is 32.6 Å². The van der Waals surface area contributed by atoms with E-state index in [1.54, 1.807) is 17.0 Å². The monoisotopic (exact) mass is 410 g/mol. The molecule has 0 unspecified atom stereocenters. The predicted molar refractivity (Wildman–Crippen MR) is 113 cm³/mol. The van der Waals surface area contributed by atoms with Crippen molar-refractivity contribution in [2.75, 3.05) is 31.1 Å². The van der Waals surface area contributed by atoms with E-state index in [2.05, 4.69) is 4.90 Å². The van der Waals surface area contributed by atoms with Crippen molar-refractivity contribution in [2.24, 2.45) is 0 Å². The number of rotatable bonds is 2. The summed E-state index contributed by atoms with van der Waals surface area (Å²) in [6, 6.07) is 5.92. The van der Waals surface area contributed by atoms with Crippen molar-refractivity contribution in [3.05, 3.63) is 51.9 Å². The summed E-state index contributed by atoms with van der Waals surface area (Å²) >= 11 is 1.82. The van der Waals surface area contributed by atoms with Gasteiger partial charge in [0, 0.05) is 36.6 Å². The van der Waals surface area contributed by atoms with Crippen LogP contribution >= 0.6 is 11.3 Å². The number of carbonyl (C=O) groups is 1. The summed E-state index contributed by atoms with van der Waals surface area (Å²) in [5.74, 6) is 1.32. The highest BCUT2D eigenvalue weighted by Gasteiger charge is 2.27. The number of hydrogen-bond donors (Lipinski definition) is 0. The first-order chi connectivity index (χ1) is 14.1. The van der Waals surface area contributed by atoms with E-state index < -0.39 is 0 Å². The summed E-state index contributed by atoms with van der Waals surface area (Å²) in [5, 5.41) is 1.22. The molecule has 7 heteroatoms. The molecule has 0 N–H and O–H groups in total. The summed E-state index contributed by atoms with van der Waals surface area (Å²) in [6.45, 7) is 4.60. The smallest absolute Gasteiger partial charge is 0.254 e. The lowest BCUT2D eigenvalue weighted by molar-refractivity contribution is 0.0746. The van der Waals surface area contributed by atoms with Gasteiger partial charge in [0.1, 0.15) is 22.3 Å². The van der Waals surface area contributed by atoms with Crippen LogP contribution in [0.4, 0.5) is 10.2 Å². The van der Waals surface area contributed by atoms with Gasteiger partial charge in [-0.15, -0.1) is 11.3 Å². The van der Waals surface area contributed by atoms with E-state index in [1.807, 2.05) is 18.3 Å². The maximum atomic E-state index is 13.5. The molecule has 29 heavy (non-hydrogen) atoms. The topological polar surface area (TPSA) is 49.3 Å². The van der Waals surface area contributed by atoms with Gasteiger partial charge in [0.2, 0.25) is 0 Å². The molecule has 2 aromatic heterocycles. The minimum absolute atomic E-state index is 0.110. The Morgan fingerprint density at radius 3 is 2.69 bits per heavy atom. The van der Waals surface area contributed by atoms with E-state index in [-0.39, 0.29) is 11.7 Å². The van der Waals surface area contributed by atoms with Gasteiger partial charge in [-0.05, 0) is 56.4 Å². The fraction of sp³-hybridized carbons (Fsp3) is 0.409. The number of benzene rings is 1. The Bertz CT molecular complexity index is 1090. The Balaban J connectivity index is 1.40. The van der Waals surface area contributed by atoms with Crippen LogP contribution in [0, 0.1) is 12.7 Å². The Labute approximate surface area is 173 Å². The van der Waals surface area contributed by atoms with Crippen molar-refractivity contribution < 1.29 is 9.18 Å². The Hall–Kier alpha value is -2.54. The van der Waals surface area contributed by atoms with Crippen LogP contribution in [-0.4, -0.2) is 47.0 Å². The van der Waals surface area contributed by atoms with E-state index in [4.69, 9.17) is 9.97 Å². The summed E-state index contributed by atoms with van der Waals surface area (Å²) in [5.41, 5.74) is 1.84. The number of piperazine rings is 1. The van der Waals surface area contributed by atoms with Crippen molar-refractivity contribution in [1.82, 2.24) is 14.9 Å². The van der Waals surface area contributed by atoms with E-state index in [9.17, 15) is 9.18 Å². The summed E-state index contributed by atoms with van der Waals surface area (Å²) in [6.07, 6.45) is 4.72. The molecule has 5 rings (SSSR count). The fourth-order valence-electron chi connectivity index (χ4n) is 4.40. The quantitative estimate of drug-likeness (QED) is 0.641. The molecular formula is C22H23FN4OS. The van der Waals surface area contributed by atoms with Crippen LogP contribution in [0.3, 0.4) is 0 Å². The van der Waals surface area contributed by atoms with Gasteiger partial charge in [-0.2, -0.15) is 0 Å². The predicted octanol–water partition coefficient (Wildman–Crippen LogP) is 3.98. The van der Waals surface area contributed by atoms with Gasteiger partial charge in [0.25, 0.3) is 5.91 Å². The first-order valence-corrected chi connectivity index (χ1v) is 11.0. The van der Waals surface area contributed by atoms with E-state index >= 15 is 0 Å². The van der Waals surface area contributed by atoms with E-state index in [0.29, 0.717) is 18.7 Å². The second-order valence-electron chi connectivity index (χ2n) is 7.78. The molecule has 0 saturated carbocycles. The molecule has 1 saturated heterocycles. The highest BCUT2D eigenvalue weighted by Crippen LogP contribution is 2.39. The largest absolute Gasteiger partial charge is 0.352 e. The second kappa shape index (κ2) is 7.37. The molecule has 1 aromatic carbocycles. The minimum atomic E-state index is -0.379. The third-order valence-corrected chi connectivity index (χ3v) is 7.03. The molecule has 0 atom stereocenters. The number of halogens is 1. The number of carbonyl (C=O) groups excluding carboxylic acids is 1. The first-order valence-electron chi connectivity index (χ1n) is 10.2. The van der Waals surface area contributed by atoms with Crippen molar-refractivity contribution in [3.63, 3.8) is 0 Å². The summed E-state index contributed by atoms with van der Waals surface area (Å²) < 4.78 is 13.5. The first kappa shape index (κ1) is 18.5. The molecule has 5 nitrogen and oxygen atoms in total. The molecule has 1 fully saturated rings. The molecular weight excluding hydrogens is 387 g/mol. The molecule has 1 aliphatic heterocycles. The lowest BCUT2D eigenvalue weighted by Crippen LogP contribution is -2.49. The van der Waals surface area contributed by atoms with Gasteiger partial charge in [0.05, 0.1) is 5.39 Å². The SMILES string of the molecule is Cc1nc(N2CCN(C(=O)c3cccc(F)c3)CC2)c2c3c(sc2n1)CCCC3. The molecule has 3 heterocycles. The normalized spacial score (nSPS) is 16.9. The number of fused-ring (bicyclic) bond motifs is 3. The maximum absolute atomic E-state index is 13.5. The molecule has 150 valence electrons. The lowest BCUT2D eigenvalue weighted by Gasteiger charge is -2.36. The third-order valence-electron chi connectivity index (χ3n) is 5.85. The number of nitrogens with zero attached hydrogens (tertiary/aromatic N) is 4. The zero-order valence-electron chi connectivity index (χ0n) is 16.4. The average Bonchev–Trinajstić information content (AvgIpc) is 3.11. The van der Waals surface area contributed by atoms with Crippen LogP contribution in [0.2, 0.25) is 0 Å². The van der Waals surface area contributed by atoms with Crippen LogP contribution in [0.25, 0.3) is 10.2 Å². The van der Waals surface area contributed by atoms with Gasteiger partial charge in [0.15, 0.2) is 0 Å². The Morgan fingerprint density at radius 1 is 1.10 bits per heavy atom. The van der Waals surface area contributed by atoms with E-state index in [0.717, 1.165) is 42.4 Å². The standard InChI is InChI=1S/C22H23FN4OS/c1-14-24-20(19-17-7-2-3-8-18(17)29-21(19)25-14)26-9-11-27(12-10-26)22(28)15-5-4-6-16(23)13-15/h4-6,13H,2-3,7-12H2,1H3. The van der Waals surface area contributed by atoms with Gasteiger partial charge in [-0.1, -0.05) is 6.07 Å². The van der Waals surface area contributed by atoms with Gasteiger partial charge < -0.3 is 9.80 Å². The zero-order valence-corrected chi connectivity index (χ0v) is 17.3. The number of anilines is 1. The number of aromatic nitrogens is 2. The third kappa shape index (κ3) is 3.37. The zero-order chi connectivity index (χ0) is 20.0. The number of thiophene rings is 1. The molecule has 0 radical (unpaired) electrons. The van der Waals surface area contributed by atoms with Crippen molar-refractivity contribution in [1.29, 1.82) is 0 Å². The van der Waals surface area contributed by atoms with E-state index in [1.165, 1.54) is 40.8 Å². The van der Waals surface area contributed by atoms with Crippen LogP contribution in [-0.2, 0) is 12.8 Å². The highest BCUT2D eigenvalue weighted by atomic mass is 32.1. The fourth-order valence-corrected chi connectivity index (χ4v) is 5.70. The number of aryl methyl sites for hydroxylation is 3. The van der Waals surface area contributed by atoms with Crippen LogP contribution < -0.4 is 4.90 Å². The van der Waals surface area contributed by atoms with Crippen LogP contribution in [0.5, 0.6) is 0 Å². The Kier molecular flexibility index (Phi) is 4.70. The second-order valence-corrected chi connectivity index (χ2v) is 8.86. The van der Waals surface area contributed by atoms with Gasteiger partial charge >= 0.3 is 0 Å². The molecule has 2 aliphatic rings. The van der Waals surface area contributed by atoms with Gasteiger partial charge in [-0.3, -0.25) is 4.79 Å². The number of amides is 1. The molecule has 1 amide bonds. The lowest BCUT2D eigenvalue weighted by atomic mass is 9.97. The van der Waals surface area contributed by atoms with Crippen molar-refractivity contribution in [3.8, 4) is 0 Å². The van der Waals surface area contributed by atoms with Crippen LogP contribution in [0.1, 0.15) is 39.5 Å². The summed E-state index contributed by atoms with van der Waals surface area (Å²) in [4.78, 5) is 28.9. The molecule has 0 bridgehead atoms. The number of hydrogen-bond acceptors (Lipinski definition) is 5. The van der Waals surface area contributed by atoms with Crippen molar-refractivity contribution >= 4 is 33.3 Å². The average molecular weight is 411 g/mol. The maximum Gasteiger partial charge on any atom is 0.254 e. The van der Waals surface area contributed by atoms with Crippen LogP contribution in [0.15, 0.2) is 24.3 Å². The molecule has 1 aliphatic carbocycles. The van der Waals surface area contributed by atoms with Gasteiger partial charge in [-0.25, -0.2) is 14.4 Å². The minimum Gasteiger partial charge on any atom is -0.352 e.